The minimum absolute atomic E-state index is 0.405. The van der Waals surface area contributed by atoms with E-state index in [-0.39, 0.29) is 0 Å². The first-order chi connectivity index (χ1) is 4.12. The van der Waals surface area contributed by atoms with E-state index in [1.165, 1.54) is 25.7 Å². The normalized spacial score (nSPS) is 25.7. The zero-order valence-electron chi connectivity index (χ0n) is 6.48. The second kappa shape index (κ2) is 2.30. The van der Waals surface area contributed by atoms with Crippen molar-refractivity contribution in [2.75, 3.05) is 0 Å². The molecule has 0 aromatic heterocycles. The van der Waals surface area contributed by atoms with Gasteiger partial charge in [0, 0.05) is 6.04 Å². The summed E-state index contributed by atoms with van der Waals surface area (Å²) in [7, 11) is 0. The van der Waals surface area contributed by atoms with Crippen LogP contribution in [0.15, 0.2) is 0 Å². The van der Waals surface area contributed by atoms with Gasteiger partial charge in [-0.1, -0.05) is 6.92 Å². The van der Waals surface area contributed by atoms with Gasteiger partial charge in [0.05, 0.1) is 0 Å². The van der Waals surface area contributed by atoms with Gasteiger partial charge in [-0.05, 0) is 38.0 Å². The maximum absolute atomic E-state index is 5.63. The minimum atomic E-state index is 0.405. The highest BCUT2D eigenvalue weighted by Gasteiger charge is 2.36. The molecule has 0 bridgehead atoms. The van der Waals surface area contributed by atoms with Crippen molar-refractivity contribution >= 4 is 0 Å². The summed E-state index contributed by atoms with van der Waals surface area (Å²) in [5.74, 6) is 0. The van der Waals surface area contributed by atoms with Gasteiger partial charge in [-0.15, -0.1) is 0 Å². The van der Waals surface area contributed by atoms with Crippen molar-refractivity contribution in [2.45, 2.75) is 45.6 Å². The van der Waals surface area contributed by atoms with Gasteiger partial charge >= 0.3 is 0 Å². The molecule has 1 unspecified atom stereocenters. The lowest BCUT2D eigenvalue weighted by atomic mass is 10.0. The molecular weight excluding hydrogens is 110 g/mol. The van der Waals surface area contributed by atoms with Gasteiger partial charge in [-0.3, -0.25) is 0 Å². The zero-order chi connectivity index (χ0) is 6.91. The van der Waals surface area contributed by atoms with Gasteiger partial charge in [0.15, 0.2) is 0 Å². The van der Waals surface area contributed by atoms with Crippen molar-refractivity contribution in [1.82, 2.24) is 0 Å². The van der Waals surface area contributed by atoms with Crippen LogP contribution in [-0.2, 0) is 0 Å². The summed E-state index contributed by atoms with van der Waals surface area (Å²) in [5, 5.41) is 0. The average Bonchev–Trinajstić information content (AvgIpc) is 2.45. The molecule has 1 fully saturated rings. The zero-order valence-corrected chi connectivity index (χ0v) is 6.48. The third-order valence-electron chi connectivity index (χ3n) is 2.31. The topological polar surface area (TPSA) is 26.0 Å². The lowest BCUT2D eigenvalue weighted by Crippen LogP contribution is -2.15. The summed E-state index contributed by atoms with van der Waals surface area (Å²) in [6.07, 6.45) is 5.40. The van der Waals surface area contributed by atoms with E-state index in [9.17, 15) is 0 Å². The van der Waals surface area contributed by atoms with E-state index in [0.29, 0.717) is 11.5 Å². The largest absolute Gasteiger partial charge is 0.328 e. The Hall–Kier alpha value is -0.0400. The van der Waals surface area contributed by atoms with Crippen LogP contribution in [-0.4, -0.2) is 6.04 Å². The molecule has 9 heavy (non-hydrogen) atoms. The molecule has 1 atom stereocenters. The lowest BCUT2D eigenvalue weighted by molar-refractivity contribution is 0.465. The molecular formula is C8H17N. The molecule has 1 aliphatic carbocycles. The minimum Gasteiger partial charge on any atom is -0.328 e. The van der Waals surface area contributed by atoms with Crippen LogP contribution in [0.25, 0.3) is 0 Å². The highest BCUT2D eigenvalue weighted by Crippen LogP contribution is 2.48. The number of nitrogens with two attached hydrogens (primary N) is 1. The van der Waals surface area contributed by atoms with Gasteiger partial charge in [-0.2, -0.15) is 0 Å². The van der Waals surface area contributed by atoms with Gasteiger partial charge < -0.3 is 5.73 Å². The first-order valence-corrected chi connectivity index (χ1v) is 3.88. The van der Waals surface area contributed by atoms with Crippen molar-refractivity contribution in [1.29, 1.82) is 0 Å². The maximum Gasteiger partial charge on any atom is 0.00106 e. The van der Waals surface area contributed by atoms with Crippen molar-refractivity contribution in [3.05, 3.63) is 0 Å². The van der Waals surface area contributed by atoms with Crippen molar-refractivity contribution in [3.63, 3.8) is 0 Å². The van der Waals surface area contributed by atoms with Crippen LogP contribution in [0.5, 0.6) is 0 Å². The fraction of sp³-hybridized carbons (Fsp3) is 1.00. The Kier molecular flexibility index (Phi) is 1.80. The molecule has 1 saturated carbocycles. The predicted molar refractivity (Wildman–Crippen MR) is 40.2 cm³/mol. The molecule has 2 N–H and O–H groups in total. The monoisotopic (exact) mass is 127 g/mol. The van der Waals surface area contributed by atoms with Crippen LogP contribution < -0.4 is 5.73 Å². The Morgan fingerprint density at radius 1 is 1.56 bits per heavy atom. The summed E-state index contributed by atoms with van der Waals surface area (Å²) < 4.78 is 0. The summed E-state index contributed by atoms with van der Waals surface area (Å²) in [4.78, 5) is 0. The number of hydrogen-bond acceptors (Lipinski definition) is 1. The quantitative estimate of drug-likeness (QED) is 0.615. The molecule has 54 valence electrons. The van der Waals surface area contributed by atoms with Crippen LogP contribution in [0, 0.1) is 5.41 Å². The van der Waals surface area contributed by atoms with Gasteiger partial charge in [-0.25, -0.2) is 0 Å². The molecule has 0 amide bonds. The van der Waals surface area contributed by atoms with E-state index >= 15 is 0 Å². The van der Waals surface area contributed by atoms with E-state index in [0.717, 1.165) is 0 Å². The number of rotatable bonds is 3. The highest BCUT2D eigenvalue weighted by molar-refractivity contribution is 4.88. The molecule has 0 radical (unpaired) electrons. The highest BCUT2D eigenvalue weighted by atomic mass is 14.6. The Balaban J connectivity index is 2.05. The predicted octanol–water partition coefficient (Wildman–Crippen LogP) is 1.91. The Morgan fingerprint density at radius 3 is 2.44 bits per heavy atom. The first-order valence-electron chi connectivity index (χ1n) is 3.88. The molecule has 0 spiro atoms. The lowest BCUT2D eigenvalue weighted by Gasteiger charge is -2.08. The molecule has 0 aromatic carbocycles. The Morgan fingerprint density at radius 2 is 2.11 bits per heavy atom. The SMILES string of the molecule is CC(N)CCC1(C)CC1. The fourth-order valence-corrected chi connectivity index (χ4v) is 1.04. The first kappa shape index (κ1) is 7.07. The molecule has 1 nitrogen and oxygen atoms in total. The van der Waals surface area contributed by atoms with Gasteiger partial charge in [0.1, 0.15) is 0 Å². The van der Waals surface area contributed by atoms with Gasteiger partial charge in [0.25, 0.3) is 0 Å². The second-order valence-corrected chi connectivity index (χ2v) is 3.83. The van der Waals surface area contributed by atoms with E-state index in [1.807, 2.05) is 0 Å². The Bertz CT molecular complexity index is 92.7. The number of hydrogen-bond donors (Lipinski definition) is 1. The van der Waals surface area contributed by atoms with Crippen LogP contribution in [0.3, 0.4) is 0 Å². The van der Waals surface area contributed by atoms with Crippen molar-refractivity contribution < 1.29 is 0 Å². The summed E-state index contributed by atoms with van der Waals surface area (Å²) in [6, 6.07) is 0.405. The van der Waals surface area contributed by atoms with Crippen LogP contribution in [0.1, 0.15) is 39.5 Å². The van der Waals surface area contributed by atoms with E-state index in [4.69, 9.17) is 5.73 Å². The third kappa shape index (κ3) is 2.35. The molecule has 0 aliphatic heterocycles. The summed E-state index contributed by atoms with van der Waals surface area (Å²) >= 11 is 0. The summed E-state index contributed by atoms with van der Waals surface area (Å²) in [6.45, 7) is 4.45. The molecule has 1 aliphatic rings. The van der Waals surface area contributed by atoms with Crippen molar-refractivity contribution in [2.24, 2.45) is 11.1 Å². The van der Waals surface area contributed by atoms with E-state index in [1.54, 1.807) is 0 Å². The standard InChI is InChI=1S/C8H17N/c1-7(9)3-4-8(2)5-6-8/h7H,3-6,9H2,1-2H3. The van der Waals surface area contributed by atoms with Gasteiger partial charge in [0.2, 0.25) is 0 Å². The Labute approximate surface area is 57.6 Å². The van der Waals surface area contributed by atoms with E-state index in [2.05, 4.69) is 13.8 Å². The second-order valence-electron chi connectivity index (χ2n) is 3.83. The fourth-order valence-electron chi connectivity index (χ4n) is 1.04. The molecule has 1 heteroatoms. The molecule has 0 aromatic rings. The van der Waals surface area contributed by atoms with Crippen LogP contribution >= 0.6 is 0 Å². The van der Waals surface area contributed by atoms with Crippen LogP contribution in [0.2, 0.25) is 0 Å². The average molecular weight is 127 g/mol. The molecule has 0 heterocycles. The van der Waals surface area contributed by atoms with Crippen molar-refractivity contribution in [3.8, 4) is 0 Å². The molecule has 0 saturated heterocycles. The molecule has 1 rings (SSSR count). The summed E-state index contributed by atoms with van der Waals surface area (Å²) in [5.41, 5.74) is 6.33. The smallest absolute Gasteiger partial charge is 0.00106 e. The third-order valence-corrected chi connectivity index (χ3v) is 2.31. The van der Waals surface area contributed by atoms with E-state index < -0.39 is 0 Å². The van der Waals surface area contributed by atoms with Crippen LogP contribution in [0.4, 0.5) is 0 Å². The maximum atomic E-state index is 5.63.